The van der Waals surface area contributed by atoms with Crippen LogP contribution in [0.4, 0.5) is 17.1 Å². The maximum absolute atomic E-state index is 12.8. The van der Waals surface area contributed by atoms with Gasteiger partial charge < -0.3 is 82.9 Å². The Bertz CT molecular complexity index is 4260. The van der Waals surface area contributed by atoms with Crippen LogP contribution in [-0.4, -0.2) is 336 Å². The molecule has 12 aliphatic rings. The minimum Gasteiger partial charge on any atom is -1.00 e. The molecule has 0 unspecified atom stereocenters. The van der Waals surface area contributed by atoms with Gasteiger partial charge in [0.25, 0.3) is 30.1 Å². The number of aromatic carboxylic acids is 2. The topological polar surface area (TPSA) is 365 Å². The van der Waals surface area contributed by atoms with E-state index in [0.29, 0.717) is 28.7 Å². The number of likely N-dealkylation sites (tertiary alicyclic amines) is 3. The number of aromatic nitrogens is 2. The molecule has 628 valence electrons. The molecule has 0 saturated carbocycles. The predicted molar refractivity (Wildman–Crippen MR) is 443 cm³/mol. The molecule has 31 nitrogen and oxygen atoms in total. The number of aliphatic hydroxyl groups is 1. The van der Waals surface area contributed by atoms with Crippen LogP contribution < -0.4 is 135 Å². The molecule has 118 heavy (non-hydrogen) atoms. The molecule has 0 atom stereocenters. The first-order valence-corrected chi connectivity index (χ1v) is 42.3. The van der Waals surface area contributed by atoms with Gasteiger partial charge in [0.15, 0.2) is 5.01 Å². The number of carboxylic acids is 2. The molecule has 11 aliphatic heterocycles. The van der Waals surface area contributed by atoms with E-state index in [-0.39, 0.29) is 151 Å². The number of benzene rings is 4. The van der Waals surface area contributed by atoms with Gasteiger partial charge in [0.05, 0.1) is 5.56 Å². The van der Waals surface area contributed by atoms with Crippen LogP contribution in [0, 0.1) is 0 Å². The largest absolute Gasteiger partial charge is 1.00 e. The van der Waals surface area contributed by atoms with E-state index in [1.807, 2.05) is 77.2 Å². The fourth-order valence-corrected chi connectivity index (χ4v) is 17.3. The Labute approximate surface area is 785 Å². The minimum atomic E-state index is -0.958. The van der Waals surface area contributed by atoms with Crippen molar-refractivity contribution in [3.8, 4) is 0 Å². The van der Waals surface area contributed by atoms with Crippen LogP contribution in [0.25, 0.3) is 0 Å². The summed E-state index contributed by atoms with van der Waals surface area (Å²) in [4.78, 5) is 134. The smallest absolute Gasteiger partial charge is 1.00 e. The summed E-state index contributed by atoms with van der Waals surface area (Å²) in [6.45, 7) is 28.2. The second-order valence-electron chi connectivity index (χ2n) is 30.5. The molecule has 0 bridgehead atoms. The quantitative estimate of drug-likeness (QED) is 0.0300. The van der Waals surface area contributed by atoms with Gasteiger partial charge in [-0.25, -0.2) is 19.6 Å². The third kappa shape index (κ3) is 26.6. The van der Waals surface area contributed by atoms with Gasteiger partial charge in [-0.05, 0) is 159 Å². The number of carboxylic acid groups (broad SMARTS) is 2. The van der Waals surface area contributed by atoms with Crippen LogP contribution in [0.1, 0.15) is 136 Å². The molecule has 13 heterocycles. The van der Waals surface area contributed by atoms with E-state index in [0.717, 1.165) is 269 Å². The Morgan fingerprint density at radius 3 is 1.10 bits per heavy atom. The van der Waals surface area contributed by atoms with Crippen molar-refractivity contribution in [3.63, 3.8) is 0 Å². The fourth-order valence-electron chi connectivity index (χ4n) is 16.3. The maximum atomic E-state index is 12.8. The summed E-state index contributed by atoms with van der Waals surface area (Å²) in [5.41, 5.74) is 12.8. The Morgan fingerprint density at radius 2 is 0.763 bits per heavy atom. The average Bonchev–Trinajstić information content (AvgIpc) is 1.09. The van der Waals surface area contributed by atoms with E-state index in [2.05, 4.69) is 85.3 Å². The Balaban J connectivity index is 0.000000181. The van der Waals surface area contributed by atoms with E-state index >= 15 is 0 Å². The number of rotatable bonds is 11. The number of nitrogens with zero attached hydrogens (tertiary/aromatic N) is 12. The van der Waals surface area contributed by atoms with Crippen molar-refractivity contribution in [2.45, 2.75) is 102 Å². The number of thiazole rings is 2. The minimum absolute atomic E-state index is 0. The average molecular weight is 1720 g/mol. The number of anilines is 3. The molecule has 2 aromatic heterocycles. The zero-order chi connectivity index (χ0) is 82.0. The van der Waals surface area contributed by atoms with Crippen molar-refractivity contribution < 1.29 is 173 Å². The van der Waals surface area contributed by atoms with Crippen LogP contribution in [0.3, 0.4) is 0 Å². The monoisotopic (exact) mass is 1710 g/mol. The standard InChI is InChI=1S/C21H25N5O2S.C19H26N4O2.C17H24N4O.C11H12O2.C9H17N3O.C4H3NO2S.CH2O3.CH4O.2K.H/c27-20(16-3-4-18-15(12-16)2-1-5-22-18)26-13-17(14-26)24-7-9-25(10-8-24)21(28)19-23-6-11-29-19;1-14(24)21-7-9-22(10-8-21)17-12-23(13-17)19(25)16-4-5-18-15(11-16)3-2-6-20-18;22-17(14-3-4-16-13(10-14)2-1-5-19-16)21-11-15(12-21)20-8-6-18-7-9-20;12-11(13)10-6-5-8-3-1-2-4-9(8)7-10;1-8(13)11-2-4-12(5-3-11)9-6-10-7-9;6-4(7)3-5-1-2-8-3;2-1-4-3;1-2;;;/h3-4,6,11-12,17,22H,1-2,5,7-10,13-14H2;4-5,11,17,20H,2-3,6-10,12-13H2,1H3;3-4,10,15,18-19H,1-2,5-9,11-12H2;5-7H,1-4H2,(H,12,13);9-10H,2-7H2,1H3;1-2H,(H,6,7);1,3H;2H,1H3;;;/q;;;;;;;;2*+1;-1/p-1. The summed E-state index contributed by atoms with van der Waals surface area (Å²) in [5, 5.41) is 53.4. The van der Waals surface area contributed by atoms with Crippen molar-refractivity contribution >= 4 is 93.6 Å². The van der Waals surface area contributed by atoms with E-state index in [1.165, 1.54) is 75.3 Å². The molecule has 8 fully saturated rings. The van der Waals surface area contributed by atoms with Gasteiger partial charge in [-0.3, -0.25) is 53.2 Å². The fraction of sp³-hybridized carbons (Fsp3) is 0.530. The zero-order valence-electron chi connectivity index (χ0n) is 69.8. The van der Waals surface area contributed by atoms with Crippen LogP contribution in [0.5, 0.6) is 0 Å². The number of amides is 6. The van der Waals surface area contributed by atoms with Crippen LogP contribution in [0.15, 0.2) is 96.0 Å². The number of piperazine rings is 4. The van der Waals surface area contributed by atoms with Crippen LogP contribution >= 0.6 is 22.7 Å². The molecule has 35 heteroatoms. The second-order valence-corrected chi connectivity index (χ2v) is 32.3. The zero-order valence-corrected chi connectivity index (χ0v) is 76.7. The normalized spacial score (nSPS) is 19.0. The molecule has 0 radical (unpaired) electrons. The Hall–Kier alpha value is -6.28. The van der Waals surface area contributed by atoms with Crippen molar-refractivity contribution in [2.75, 3.05) is 200 Å². The first-order chi connectivity index (χ1) is 56.4. The van der Waals surface area contributed by atoms with Gasteiger partial charge in [0.2, 0.25) is 16.8 Å². The van der Waals surface area contributed by atoms with E-state index in [1.54, 1.807) is 31.5 Å². The summed E-state index contributed by atoms with van der Waals surface area (Å²) in [7, 11) is 1.00. The molecule has 8 saturated heterocycles. The van der Waals surface area contributed by atoms with Gasteiger partial charge in [-0.15, -0.1) is 22.7 Å². The molecular weight excluding hydrogens is 1600 g/mol. The molecule has 0 spiro atoms. The van der Waals surface area contributed by atoms with Gasteiger partial charge >= 0.3 is 115 Å². The van der Waals surface area contributed by atoms with E-state index < -0.39 is 11.9 Å². The molecule has 6 amide bonds. The number of fused-ring (bicyclic) bond motifs is 4. The number of hydrogen-bond donors (Lipinski definition) is 8. The summed E-state index contributed by atoms with van der Waals surface area (Å²) in [6.07, 6.45) is 14.3. The molecule has 1 aliphatic carbocycles. The second kappa shape index (κ2) is 48.5. The predicted octanol–water partition coefficient (Wildman–Crippen LogP) is -2.02. The maximum Gasteiger partial charge on any atom is 1.00 e. The molecule has 18 rings (SSSR count). The van der Waals surface area contributed by atoms with Crippen LogP contribution in [-0.2, 0) is 51.4 Å². The molecule has 4 aromatic carbocycles. The van der Waals surface area contributed by atoms with Gasteiger partial charge in [-0.1, -0.05) is 6.07 Å². The summed E-state index contributed by atoms with van der Waals surface area (Å²) >= 11 is 2.51. The SMILES string of the molecule is CC(=O)N1CCN(C2CN(C(=O)c3ccc4c(c3)CCCN4)C2)CC1.CC(=O)N1CCN(C2CNC2)CC1.CO.O=C(O)c1ccc2c(c1)CCCC2.O=C(O)c1nccs1.O=C(c1ccc2c(c1)CCCN2)N1CC(N2CCN(C(=O)c3nccs3)CC2)C1.O=C(c1ccc2c(c1)CCCN2)N1CC(N2CCNCC2)C1.O=CO[O-].[H-].[K+].[K+]. The van der Waals surface area contributed by atoms with Gasteiger partial charge in [0, 0.05) is 279 Å². The Morgan fingerprint density at radius 1 is 0.415 bits per heavy atom. The van der Waals surface area contributed by atoms with Crippen molar-refractivity contribution in [3.05, 3.63) is 156 Å². The van der Waals surface area contributed by atoms with Crippen LogP contribution in [0.2, 0.25) is 0 Å². The Kier molecular flexibility index (Phi) is 39.3. The van der Waals surface area contributed by atoms with Gasteiger partial charge in [0.1, 0.15) is 0 Å². The number of carbonyl (C=O) groups is 9. The summed E-state index contributed by atoms with van der Waals surface area (Å²) < 4.78 is 0. The van der Waals surface area contributed by atoms with Crippen molar-refractivity contribution in [2.24, 2.45) is 0 Å². The van der Waals surface area contributed by atoms with Crippen molar-refractivity contribution in [1.82, 2.24) is 69.6 Å². The summed E-state index contributed by atoms with van der Waals surface area (Å²) in [6, 6.07) is 25.8. The van der Waals surface area contributed by atoms with Crippen molar-refractivity contribution in [1.29, 1.82) is 0 Å². The first-order valence-electron chi connectivity index (χ1n) is 40.6. The third-order valence-corrected chi connectivity index (χ3v) is 24.8. The number of aryl methyl sites for hydroxylation is 5. The van der Waals surface area contributed by atoms with E-state index in [9.17, 15) is 38.4 Å². The summed E-state index contributed by atoms with van der Waals surface area (Å²) in [5.74, 6) is -0.905. The molecule has 8 N–H and O–H groups in total. The number of nitrogens with one attached hydrogen (secondary N) is 5. The van der Waals surface area contributed by atoms with E-state index in [4.69, 9.17) is 25.4 Å². The number of carbonyl (C=O) groups excluding carboxylic acids is 7. The van der Waals surface area contributed by atoms with Gasteiger partial charge in [-0.2, -0.15) is 0 Å². The number of hydrogen-bond acceptors (Lipinski definition) is 25. The molecular formula is C83H113K2N17O14S2. The third-order valence-electron chi connectivity index (χ3n) is 23.3. The molecule has 6 aromatic rings. The first kappa shape index (κ1) is 95.6. The number of aliphatic hydroxyl groups excluding tert-OH is 1.